The summed E-state index contributed by atoms with van der Waals surface area (Å²) in [6.45, 7) is 8.74. The maximum atomic E-state index is 11.8. The van der Waals surface area contributed by atoms with Crippen LogP contribution in [0.25, 0.3) is 33.3 Å². The number of fused-ring (bicyclic) bond motifs is 1. The van der Waals surface area contributed by atoms with Gasteiger partial charge in [-0.05, 0) is 61.5 Å². The first-order valence-electron chi connectivity index (χ1n) is 12.5. The van der Waals surface area contributed by atoms with E-state index in [1.165, 1.54) is 5.56 Å². The number of nitrogens with one attached hydrogen (secondary N) is 1. The third-order valence-corrected chi connectivity index (χ3v) is 7.52. The van der Waals surface area contributed by atoms with Crippen LogP contribution in [0.3, 0.4) is 0 Å². The highest BCUT2D eigenvalue weighted by Crippen LogP contribution is 2.34. The van der Waals surface area contributed by atoms with E-state index in [4.69, 9.17) is 10.7 Å². The summed E-state index contributed by atoms with van der Waals surface area (Å²) < 4.78 is 3.46. The van der Waals surface area contributed by atoms with Crippen molar-refractivity contribution in [2.45, 2.75) is 32.4 Å². The van der Waals surface area contributed by atoms with Gasteiger partial charge in [0.1, 0.15) is 5.69 Å². The molecular formula is C30H31N5OS. The number of likely N-dealkylation sites (tertiary alicyclic amines) is 1. The molecule has 2 aromatic heterocycles. The third-order valence-electron chi connectivity index (χ3n) is 6.88. The summed E-state index contributed by atoms with van der Waals surface area (Å²) in [5.41, 5.74) is 12.5. The Bertz CT molecular complexity index is 1410. The highest BCUT2D eigenvalue weighted by molar-refractivity contribution is 8.00. The fourth-order valence-electron chi connectivity index (χ4n) is 4.89. The molecule has 188 valence electrons. The van der Waals surface area contributed by atoms with Gasteiger partial charge in [-0.3, -0.25) is 14.4 Å². The Morgan fingerprint density at radius 1 is 1.08 bits per heavy atom. The predicted molar refractivity (Wildman–Crippen MR) is 153 cm³/mol. The van der Waals surface area contributed by atoms with Crippen LogP contribution in [0.2, 0.25) is 0 Å². The molecule has 1 fully saturated rings. The van der Waals surface area contributed by atoms with Crippen molar-refractivity contribution in [3.8, 4) is 22.4 Å². The van der Waals surface area contributed by atoms with Crippen LogP contribution in [0.15, 0.2) is 78.7 Å². The Morgan fingerprint density at radius 3 is 2.49 bits per heavy atom. The number of nitrogens with zero attached hydrogens (tertiary/aromatic N) is 3. The number of nitrogens with two attached hydrogens (primary N) is 1. The molecule has 0 saturated carbocycles. The largest absolute Gasteiger partial charge is 0.364 e. The molecule has 6 nitrogen and oxygen atoms in total. The van der Waals surface area contributed by atoms with Crippen LogP contribution in [-0.4, -0.2) is 39.9 Å². The molecule has 0 bridgehead atoms. The monoisotopic (exact) mass is 509 g/mol. The van der Waals surface area contributed by atoms with Crippen LogP contribution in [0, 0.1) is 6.92 Å². The van der Waals surface area contributed by atoms with Crippen molar-refractivity contribution in [3.63, 3.8) is 0 Å². The van der Waals surface area contributed by atoms with Gasteiger partial charge in [-0.25, -0.2) is 9.97 Å². The normalized spacial score (nSPS) is 14.6. The minimum absolute atomic E-state index is 0.230. The maximum absolute atomic E-state index is 11.8. The number of hydrogen-bond donors (Lipinski definition) is 2. The second-order valence-electron chi connectivity index (χ2n) is 9.42. The quantitative estimate of drug-likeness (QED) is 0.296. The Hall–Kier alpha value is -3.52. The lowest BCUT2D eigenvalue weighted by atomic mass is 9.96. The van der Waals surface area contributed by atoms with E-state index in [-0.39, 0.29) is 5.69 Å². The van der Waals surface area contributed by atoms with Gasteiger partial charge in [0.05, 0.1) is 11.2 Å². The number of amides is 1. The summed E-state index contributed by atoms with van der Waals surface area (Å²) in [6.07, 6.45) is 2.28. The molecule has 1 amide bonds. The first-order valence-corrected chi connectivity index (χ1v) is 13.4. The predicted octanol–water partition coefficient (Wildman–Crippen LogP) is 5.72. The number of benzene rings is 2. The average Bonchev–Trinajstić information content (AvgIpc) is 2.93. The first-order chi connectivity index (χ1) is 18.0. The zero-order chi connectivity index (χ0) is 25.8. The lowest BCUT2D eigenvalue weighted by Crippen LogP contribution is -2.39. The fraction of sp³-hybridized carbons (Fsp3) is 0.233. The molecule has 4 aromatic rings. The topological polar surface area (TPSA) is 84.1 Å². The molecule has 7 heteroatoms. The second kappa shape index (κ2) is 11.3. The lowest BCUT2D eigenvalue weighted by molar-refractivity contribution is 0.0995. The number of primary amides is 1. The van der Waals surface area contributed by atoms with E-state index in [1.54, 1.807) is 18.0 Å². The van der Waals surface area contributed by atoms with Crippen molar-refractivity contribution in [2.24, 2.45) is 5.73 Å². The van der Waals surface area contributed by atoms with Gasteiger partial charge >= 0.3 is 0 Å². The number of carbonyl (C=O) groups excluding carboxylic acids is 1. The van der Waals surface area contributed by atoms with Crippen molar-refractivity contribution in [1.29, 1.82) is 0 Å². The number of aromatic nitrogens is 2. The molecule has 0 atom stereocenters. The highest BCUT2D eigenvalue weighted by atomic mass is 32.2. The lowest BCUT2D eigenvalue weighted by Gasteiger charge is -2.32. The van der Waals surface area contributed by atoms with Gasteiger partial charge < -0.3 is 5.73 Å². The molecule has 37 heavy (non-hydrogen) atoms. The van der Waals surface area contributed by atoms with E-state index >= 15 is 0 Å². The van der Waals surface area contributed by atoms with E-state index in [9.17, 15) is 4.79 Å². The standard InChI is InChI=1S/C30H31N5OS/c1-3-37-34-24-13-15-35(16-14-24)19-21-9-11-23(12-10-21)29-26(22-7-5-4-6-8-22)17-25-20(2)32-28(30(31)36)18-27(25)33-29/h3-12,17-18,24,34H,1,13-16,19H2,2H3,(H2,31,36). The molecule has 0 spiro atoms. The van der Waals surface area contributed by atoms with Gasteiger partial charge in [0.2, 0.25) is 0 Å². The Labute approximate surface area is 222 Å². The summed E-state index contributed by atoms with van der Waals surface area (Å²) in [5.74, 6) is -0.552. The van der Waals surface area contributed by atoms with Gasteiger partial charge in [0, 0.05) is 34.8 Å². The van der Waals surface area contributed by atoms with Crippen LogP contribution in [0.5, 0.6) is 0 Å². The molecule has 1 aliphatic rings. The minimum atomic E-state index is -0.552. The SMILES string of the molecule is C=CSNC1CCN(Cc2ccc(-c3nc4cc(C(N)=O)nc(C)c4cc3-c3ccccc3)cc2)CC1. The van der Waals surface area contributed by atoms with E-state index in [0.717, 1.165) is 65.9 Å². The van der Waals surface area contributed by atoms with Gasteiger partial charge in [-0.15, -0.1) is 0 Å². The van der Waals surface area contributed by atoms with Crippen LogP contribution in [0.4, 0.5) is 0 Å². The van der Waals surface area contributed by atoms with Crippen LogP contribution < -0.4 is 10.5 Å². The summed E-state index contributed by atoms with van der Waals surface area (Å²) in [4.78, 5) is 23.8. The Kier molecular flexibility index (Phi) is 7.65. The molecular weight excluding hydrogens is 478 g/mol. The number of aryl methyl sites for hydroxylation is 1. The highest BCUT2D eigenvalue weighted by Gasteiger charge is 2.19. The molecule has 1 saturated heterocycles. The number of rotatable bonds is 8. The average molecular weight is 510 g/mol. The number of hydrogen-bond acceptors (Lipinski definition) is 6. The van der Waals surface area contributed by atoms with E-state index in [0.29, 0.717) is 11.6 Å². The van der Waals surface area contributed by atoms with Crippen LogP contribution >= 0.6 is 11.9 Å². The summed E-state index contributed by atoms with van der Waals surface area (Å²) in [6, 6.07) is 23.3. The minimum Gasteiger partial charge on any atom is -0.364 e. The van der Waals surface area contributed by atoms with Crippen molar-refractivity contribution in [2.75, 3.05) is 13.1 Å². The molecule has 3 N–H and O–H groups in total. The molecule has 5 rings (SSSR count). The van der Waals surface area contributed by atoms with E-state index in [2.05, 4.69) is 63.6 Å². The number of piperidine rings is 1. The molecule has 2 aromatic carbocycles. The number of carbonyl (C=O) groups is 1. The summed E-state index contributed by atoms with van der Waals surface area (Å²) in [5, 5.41) is 2.75. The second-order valence-corrected chi connectivity index (χ2v) is 10.2. The van der Waals surface area contributed by atoms with Gasteiger partial charge in [-0.1, -0.05) is 73.1 Å². The molecule has 1 aliphatic heterocycles. The third kappa shape index (κ3) is 5.74. The Morgan fingerprint density at radius 2 is 1.81 bits per heavy atom. The summed E-state index contributed by atoms with van der Waals surface area (Å²) >= 11 is 1.59. The maximum Gasteiger partial charge on any atom is 0.267 e. The Balaban J connectivity index is 1.44. The van der Waals surface area contributed by atoms with E-state index in [1.807, 2.05) is 30.5 Å². The summed E-state index contributed by atoms with van der Waals surface area (Å²) in [7, 11) is 0. The first kappa shape index (κ1) is 25.1. The van der Waals surface area contributed by atoms with E-state index < -0.39 is 5.91 Å². The van der Waals surface area contributed by atoms with Crippen LogP contribution in [0.1, 0.15) is 34.6 Å². The molecule has 0 radical (unpaired) electrons. The van der Waals surface area contributed by atoms with Gasteiger partial charge in [-0.2, -0.15) is 0 Å². The fourth-order valence-corrected chi connectivity index (χ4v) is 5.42. The zero-order valence-corrected chi connectivity index (χ0v) is 21.8. The smallest absolute Gasteiger partial charge is 0.267 e. The van der Waals surface area contributed by atoms with Crippen LogP contribution in [-0.2, 0) is 6.54 Å². The van der Waals surface area contributed by atoms with Crippen molar-refractivity contribution >= 4 is 28.8 Å². The van der Waals surface area contributed by atoms with Crippen molar-refractivity contribution in [3.05, 3.63) is 95.7 Å². The van der Waals surface area contributed by atoms with Gasteiger partial charge in [0.25, 0.3) is 5.91 Å². The van der Waals surface area contributed by atoms with Crippen molar-refractivity contribution < 1.29 is 4.79 Å². The number of pyridine rings is 2. The molecule has 0 unspecified atom stereocenters. The van der Waals surface area contributed by atoms with Crippen molar-refractivity contribution in [1.82, 2.24) is 19.6 Å². The zero-order valence-electron chi connectivity index (χ0n) is 21.0. The van der Waals surface area contributed by atoms with Gasteiger partial charge in [0.15, 0.2) is 0 Å². The molecule has 3 heterocycles. The molecule has 0 aliphatic carbocycles.